The molecule has 0 spiro atoms. The van der Waals surface area contributed by atoms with Gasteiger partial charge >= 0.3 is 0 Å². The molecule has 0 heterocycles. The highest BCUT2D eigenvalue weighted by Gasteiger charge is 2.30. The third kappa shape index (κ3) is 1.68. The molecule has 0 aromatic heterocycles. The highest BCUT2D eigenvalue weighted by Crippen LogP contribution is 2.35. The molecule has 2 atom stereocenters. The van der Waals surface area contributed by atoms with E-state index in [2.05, 4.69) is 25.1 Å². The lowest BCUT2D eigenvalue weighted by Gasteiger charge is -2.19. The van der Waals surface area contributed by atoms with E-state index < -0.39 is 0 Å². The van der Waals surface area contributed by atoms with Gasteiger partial charge in [-0.05, 0) is 31.6 Å². The van der Waals surface area contributed by atoms with E-state index in [1.807, 2.05) is 18.2 Å². The first kappa shape index (κ1) is 9.69. The Kier molecular flexibility index (Phi) is 2.57. The molecule has 1 aromatic carbocycles. The molecular weight excluding hydrogens is 174 g/mol. The Morgan fingerprint density at radius 3 is 2.71 bits per heavy atom. The monoisotopic (exact) mass is 191 g/mol. The molecule has 1 N–H and O–H groups in total. The zero-order valence-electron chi connectivity index (χ0n) is 8.77. The number of hydrogen-bond donors (Lipinski definition) is 1. The Morgan fingerprint density at radius 2 is 2.07 bits per heavy atom. The van der Waals surface area contributed by atoms with Crippen molar-refractivity contribution in [2.24, 2.45) is 5.92 Å². The van der Waals surface area contributed by atoms with E-state index in [4.69, 9.17) is 0 Å². The van der Waals surface area contributed by atoms with Gasteiger partial charge in [-0.1, -0.05) is 24.3 Å². The van der Waals surface area contributed by atoms with E-state index in [0.717, 1.165) is 18.5 Å². The van der Waals surface area contributed by atoms with Crippen molar-refractivity contribution in [2.75, 3.05) is 20.6 Å². The van der Waals surface area contributed by atoms with Gasteiger partial charge in [-0.3, -0.25) is 0 Å². The van der Waals surface area contributed by atoms with E-state index in [1.54, 1.807) is 0 Å². The number of nitrogens with zero attached hydrogens (tertiary/aromatic N) is 1. The average molecular weight is 191 g/mol. The summed E-state index contributed by atoms with van der Waals surface area (Å²) in [4.78, 5) is 2.14. The van der Waals surface area contributed by atoms with Crippen LogP contribution in [0.5, 0.6) is 0 Å². The molecule has 0 bridgehead atoms. The van der Waals surface area contributed by atoms with Crippen LogP contribution in [0.1, 0.15) is 17.2 Å². The summed E-state index contributed by atoms with van der Waals surface area (Å²) in [5, 5.41) is 10.1. The second-order valence-corrected chi connectivity index (χ2v) is 4.37. The second-order valence-electron chi connectivity index (χ2n) is 4.37. The van der Waals surface area contributed by atoms with Crippen LogP contribution in [-0.2, 0) is 6.42 Å². The quantitative estimate of drug-likeness (QED) is 0.765. The molecule has 0 saturated carbocycles. The van der Waals surface area contributed by atoms with Gasteiger partial charge in [0.15, 0.2) is 0 Å². The zero-order chi connectivity index (χ0) is 10.1. The van der Waals surface area contributed by atoms with Gasteiger partial charge in [0.05, 0.1) is 6.10 Å². The molecule has 0 radical (unpaired) electrons. The molecule has 1 aliphatic carbocycles. The molecule has 2 heteroatoms. The van der Waals surface area contributed by atoms with Crippen molar-refractivity contribution < 1.29 is 5.11 Å². The summed E-state index contributed by atoms with van der Waals surface area (Å²) < 4.78 is 0. The van der Waals surface area contributed by atoms with Crippen molar-refractivity contribution in [1.29, 1.82) is 0 Å². The van der Waals surface area contributed by atoms with Crippen molar-refractivity contribution in [3.05, 3.63) is 35.4 Å². The first-order valence-corrected chi connectivity index (χ1v) is 5.09. The maximum atomic E-state index is 10.1. The summed E-state index contributed by atoms with van der Waals surface area (Å²) in [6, 6.07) is 8.20. The maximum absolute atomic E-state index is 10.1. The molecule has 14 heavy (non-hydrogen) atoms. The van der Waals surface area contributed by atoms with E-state index in [1.165, 1.54) is 5.56 Å². The molecule has 2 rings (SSSR count). The van der Waals surface area contributed by atoms with Crippen LogP contribution in [0.2, 0.25) is 0 Å². The smallest absolute Gasteiger partial charge is 0.0836 e. The van der Waals surface area contributed by atoms with Crippen molar-refractivity contribution >= 4 is 0 Å². The van der Waals surface area contributed by atoms with Crippen LogP contribution in [0, 0.1) is 5.92 Å². The van der Waals surface area contributed by atoms with E-state index >= 15 is 0 Å². The van der Waals surface area contributed by atoms with E-state index in [0.29, 0.717) is 5.92 Å². The van der Waals surface area contributed by atoms with Crippen molar-refractivity contribution in [3.8, 4) is 0 Å². The van der Waals surface area contributed by atoms with Gasteiger partial charge in [-0.25, -0.2) is 0 Å². The number of benzene rings is 1. The minimum absolute atomic E-state index is 0.270. The fraction of sp³-hybridized carbons (Fsp3) is 0.500. The molecular formula is C12H17NO. The van der Waals surface area contributed by atoms with Crippen LogP contribution in [0.3, 0.4) is 0 Å². The summed E-state index contributed by atoms with van der Waals surface area (Å²) in [5.74, 6) is 0.363. The number of fused-ring (bicyclic) bond motifs is 1. The maximum Gasteiger partial charge on any atom is 0.0836 e. The lowest BCUT2D eigenvalue weighted by Crippen LogP contribution is -2.24. The summed E-state index contributed by atoms with van der Waals surface area (Å²) in [5.41, 5.74) is 2.44. The largest absolute Gasteiger partial charge is 0.388 e. The number of rotatable bonds is 2. The minimum Gasteiger partial charge on any atom is -0.388 e. The van der Waals surface area contributed by atoms with Crippen LogP contribution in [-0.4, -0.2) is 30.6 Å². The Morgan fingerprint density at radius 1 is 1.36 bits per heavy atom. The standard InChI is InChI=1S/C12H17NO/c1-13(2)8-10-7-9-5-3-4-6-11(9)12(10)14/h3-6,10,12,14H,7-8H2,1-2H3/t10-,12?/m1/s1. The van der Waals surface area contributed by atoms with Gasteiger partial charge < -0.3 is 10.0 Å². The first-order chi connectivity index (χ1) is 6.68. The number of aliphatic hydroxyl groups excluding tert-OH is 1. The lowest BCUT2D eigenvalue weighted by atomic mass is 10.0. The molecule has 1 aliphatic rings. The van der Waals surface area contributed by atoms with Gasteiger partial charge in [-0.15, -0.1) is 0 Å². The highest BCUT2D eigenvalue weighted by atomic mass is 16.3. The van der Waals surface area contributed by atoms with Crippen LogP contribution in [0.4, 0.5) is 0 Å². The van der Waals surface area contributed by atoms with Gasteiger partial charge in [0.25, 0.3) is 0 Å². The Labute approximate surface area is 85.2 Å². The van der Waals surface area contributed by atoms with Gasteiger partial charge in [0, 0.05) is 12.5 Å². The van der Waals surface area contributed by atoms with Crippen LogP contribution in [0.25, 0.3) is 0 Å². The van der Waals surface area contributed by atoms with Gasteiger partial charge in [0.2, 0.25) is 0 Å². The van der Waals surface area contributed by atoms with Crippen molar-refractivity contribution in [3.63, 3.8) is 0 Å². The summed E-state index contributed by atoms with van der Waals surface area (Å²) in [7, 11) is 4.10. The molecule has 0 amide bonds. The Balaban J connectivity index is 2.17. The van der Waals surface area contributed by atoms with Crippen LogP contribution in [0.15, 0.2) is 24.3 Å². The zero-order valence-corrected chi connectivity index (χ0v) is 8.77. The lowest BCUT2D eigenvalue weighted by molar-refractivity contribution is 0.105. The molecule has 0 saturated heterocycles. The predicted octanol–water partition coefficient (Wildman–Crippen LogP) is 1.45. The molecule has 0 aliphatic heterocycles. The third-order valence-corrected chi connectivity index (χ3v) is 2.90. The van der Waals surface area contributed by atoms with Crippen LogP contribution >= 0.6 is 0 Å². The van der Waals surface area contributed by atoms with Crippen LogP contribution < -0.4 is 0 Å². The van der Waals surface area contributed by atoms with Crippen molar-refractivity contribution in [1.82, 2.24) is 4.90 Å². The molecule has 1 aromatic rings. The first-order valence-electron chi connectivity index (χ1n) is 5.09. The summed E-state index contributed by atoms with van der Waals surface area (Å²) in [6.45, 7) is 0.954. The van der Waals surface area contributed by atoms with E-state index in [9.17, 15) is 5.11 Å². The van der Waals surface area contributed by atoms with E-state index in [-0.39, 0.29) is 6.10 Å². The Hall–Kier alpha value is -0.860. The molecule has 1 unspecified atom stereocenters. The topological polar surface area (TPSA) is 23.5 Å². The van der Waals surface area contributed by atoms with Crippen molar-refractivity contribution in [2.45, 2.75) is 12.5 Å². The van der Waals surface area contributed by atoms with Gasteiger partial charge in [-0.2, -0.15) is 0 Å². The molecule has 2 nitrogen and oxygen atoms in total. The SMILES string of the molecule is CN(C)C[C@H]1Cc2ccccc2C1O. The predicted molar refractivity (Wildman–Crippen MR) is 57.1 cm³/mol. The average Bonchev–Trinajstić information content (AvgIpc) is 2.44. The molecule has 0 fully saturated rings. The normalized spacial score (nSPS) is 25.4. The van der Waals surface area contributed by atoms with Gasteiger partial charge in [0.1, 0.15) is 0 Å². The third-order valence-electron chi connectivity index (χ3n) is 2.90. The highest BCUT2D eigenvalue weighted by molar-refractivity contribution is 5.34. The minimum atomic E-state index is -0.270. The number of hydrogen-bond acceptors (Lipinski definition) is 2. The summed E-state index contributed by atoms with van der Waals surface area (Å²) in [6.07, 6.45) is 0.740. The number of aliphatic hydroxyl groups is 1. The summed E-state index contributed by atoms with van der Waals surface area (Å²) >= 11 is 0. The fourth-order valence-electron chi connectivity index (χ4n) is 2.29. The second kappa shape index (κ2) is 3.71. The fourth-order valence-corrected chi connectivity index (χ4v) is 2.29. The molecule has 76 valence electrons. The Bertz CT molecular complexity index is 322.